The molecule has 0 aliphatic heterocycles. The van der Waals surface area contributed by atoms with E-state index in [1.165, 1.54) is 55.4 Å². The van der Waals surface area contributed by atoms with Crippen LogP contribution in [0, 0.1) is 0 Å². The van der Waals surface area contributed by atoms with Crippen molar-refractivity contribution >= 4 is 11.0 Å². The van der Waals surface area contributed by atoms with Crippen LogP contribution in [0.25, 0.3) is 11.0 Å². The SMILES string of the molecule is CCCCC(CC)c1nc2cc(CN)ccc2n1C1CC1. The lowest BCUT2D eigenvalue weighted by atomic mass is 9.98. The van der Waals surface area contributed by atoms with E-state index < -0.39 is 0 Å². The molecule has 1 fully saturated rings. The maximum Gasteiger partial charge on any atom is 0.113 e. The molecule has 1 aliphatic carbocycles. The number of nitrogens with two attached hydrogens (primary N) is 1. The van der Waals surface area contributed by atoms with Crippen LogP contribution in [0.1, 0.15) is 75.7 Å². The van der Waals surface area contributed by atoms with E-state index in [1.54, 1.807) is 0 Å². The molecule has 1 aromatic carbocycles. The van der Waals surface area contributed by atoms with E-state index in [1.807, 2.05) is 0 Å². The summed E-state index contributed by atoms with van der Waals surface area (Å²) < 4.78 is 2.53. The minimum Gasteiger partial charge on any atom is -0.326 e. The number of hydrogen-bond donors (Lipinski definition) is 1. The van der Waals surface area contributed by atoms with Crippen LogP contribution >= 0.6 is 0 Å². The topological polar surface area (TPSA) is 43.8 Å². The van der Waals surface area contributed by atoms with E-state index in [4.69, 9.17) is 10.7 Å². The van der Waals surface area contributed by atoms with Gasteiger partial charge in [0.2, 0.25) is 0 Å². The molecule has 2 aromatic rings. The first-order valence-corrected chi connectivity index (χ1v) is 8.49. The molecular formula is C18H27N3. The average molecular weight is 285 g/mol. The first kappa shape index (κ1) is 14.6. The Kier molecular flexibility index (Phi) is 4.29. The molecule has 21 heavy (non-hydrogen) atoms. The highest BCUT2D eigenvalue weighted by Gasteiger charge is 2.30. The van der Waals surface area contributed by atoms with Crippen molar-refractivity contribution in [2.45, 2.75) is 70.9 Å². The zero-order chi connectivity index (χ0) is 14.8. The lowest BCUT2D eigenvalue weighted by molar-refractivity contribution is 0.517. The molecule has 3 heteroatoms. The van der Waals surface area contributed by atoms with Gasteiger partial charge in [0.25, 0.3) is 0 Å². The summed E-state index contributed by atoms with van der Waals surface area (Å²) in [4.78, 5) is 5.01. The molecule has 114 valence electrons. The Labute approximate surface area is 127 Å². The van der Waals surface area contributed by atoms with Gasteiger partial charge in [-0.1, -0.05) is 32.8 Å². The number of rotatable bonds is 7. The van der Waals surface area contributed by atoms with E-state index in [2.05, 4.69) is 36.6 Å². The lowest BCUT2D eigenvalue weighted by Crippen LogP contribution is -2.08. The van der Waals surface area contributed by atoms with Crippen LogP contribution in [0.4, 0.5) is 0 Å². The Balaban J connectivity index is 2.05. The lowest BCUT2D eigenvalue weighted by Gasteiger charge is -2.16. The Bertz CT molecular complexity index is 610. The quantitative estimate of drug-likeness (QED) is 0.813. The minimum absolute atomic E-state index is 0.592. The molecule has 1 aromatic heterocycles. The van der Waals surface area contributed by atoms with Gasteiger partial charge in [-0.2, -0.15) is 0 Å². The van der Waals surface area contributed by atoms with Gasteiger partial charge in [-0.05, 0) is 43.4 Å². The van der Waals surface area contributed by atoms with Crippen molar-refractivity contribution in [3.8, 4) is 0 Å². The predicted molar refractivity (Wildman–Crippen MR) is 88.5 cm³/mol. The third kappa shape index (κ3) is 2.84. The predicted octanol–water partition coefficient (Wildman–Crippen LogP) is 4.51. The molecule has 2 N–H and O–H groups in total. The number of benzene rings is 1. The molecule has 1 unspecified atom stereocenters. The van der Waals surface area contributed by atoms with Crippen LogP contribution in [0.3, 0.4) is 0 Å². The standard InChI is InChI=1S/C18H27N3/c1-3-5-6-14(4-2)18-20-16-11-13(12-19)7-10-17(16)21(18)15-8-9-15/h7,10-11,14-15H,3-6,8-9,12,19H2,1-2H3. The maximum absolute atomic E-state index is 5.77. The highest BCUT2D eigenvalue weighted by atomic mass is 15.1. The normalized spacial score (nSPS) is 16.5. The van der Waals surface area contributed by atoms with Gasteiger partial charge < -0.3 is 10.3 Å². The van der Waals surface area contributed by atoms with Gasteiger partial charge in [0, 0.05) is 18.5 Å². The average Bonchev–Trinajstić information content (AvgIpc) is 3.28. The van der Waals surface area contributed by atoms with E-state index >= 15 is 0 Å². The van der Waals surface area contributed by atoms with Crippen molar-refractivity contribution < 1.29 is 0 Å². The van der Waals surface area contributed by atoms with Crippen molar-refractivity contribution in [1.29, 1.82) is 0 Å². The Morgan fingerprint density at radius 1 is 1.33 bits per heavy atom. The summed E-state index contributed by atoms with van der Waals surface area (Å²) in [6, 6.07) is 7.23. The van der Waals surface area contributed by atoms with Crippen molar-refractivity contribution in [2.75, 3.05) is 0 Å². The summed E-state index contributed by atoms with van der Waals surface area (Å²) in [6.07, 6.45) is 7.60. The van der Waals surface area contributed by atoms with Crippen LogP contribution in [0.2, 0.25) is 0 Å². The summed E-state index contributed by atoms with van der Waals surface area (Å²) >= 11 is 0. The van der Waals surface area contributed by atoms with Gasteiger partial charge in [-0.3, -0.25) is 0 Å². The van der Waals surface area contributed by atoms with Gasteiger partial charge >= 0.3 is 0 Å². The van der Waals surface area contributed by atoms with E-state index in [-0.39, 0.29) is 0 Å². The minimum atomic E-state index is 0.592. The van der Waals surface area contributed by atoms with E-state index in [9.17, 15) is 0 Å². The fourth-order valence-corrected chi connectivity index (χ4v) is 3.26. The van der Waals surface area contributed by atoms with Crippen molar-refractivity contribution in [3.05, 3.63) is 29.6 Å². The van der Waals surface area contributed by atoms with Crippen LogP contribution in [0.15, 0.2) is 18.2 Å². The number of fused-ring (bicyclic) bond motifs is 1. The number of unbranched alkanes of at least 4 members (excludes halogenated alkanes) is 1. The highest BCUT2D eigenvalue weighted by molar-refractivity contribution is 5.77. The third-order valence-electron chi connectivity index (χ3n) is 4.69. The largest absolute Gasteiger partial charge is 0.326 e. The summed E-state index contributed by atoms with van der Waals surface area (Å²) in [7, 11) is 0. The number of hydrogen-bond acceptors (Lipinski definition) is 2. The maximum atomic E-state index is 5.77. The zero-order valence-corrected chi connectivity index (χ0v) is 13.3. The molecule has 0 spiro atoms. The fourth-order valence-electron chi connectivity index (χ4n) is 3.26. The number of imidazole rings is 1. The molecule has 0 radical (unpaired) electrons. The monoisotopic (exact) mass is 285 g/mol. The highest BCUT2D eigenvalue weighted by Crippen LogP contribution is 2.41. The van der Waals surface area contributed by atoms with Crippen molar-refractivity contribution in [1.82, 2.24) is 9.55 Å². The summed E-state index contributed by atoms with van der Waals surface area (Å²) in [5.74, 6) is 1.91. The van der Waals surface area contributed by atoms with Crippen molar-refractivity contribution in [3.63, 3.8) is 0 Å². The van der Waals surface area contributed by atoms with Gasteiger partial charge in [-0.15, -0.1) is 0 Å². The Hall–Kier alpha value is -1.35. The van der Waals surface area contributed by atoms with Crippen LogP contribution in [-0.4, -0.2) is 9.55 Å². The van der Waals surface area contributed by atoms with Crippen molar-refractivity contribution in [2.24, 2.45) is 5.73 Å². The molecular weight excluding hydrogens is 258 g/mol. The Morgan fingerprint density at radius 2 is 2.14 bits per heavy atom. The summed E-state index contributed by atoms with van der Waals surface area (Å²) in [6.45, 7) is 5.15. The van der Waals surface area contributed by atoms with Gasteiger partial charge in [0.15, 0.2) is 0 Å². The van der Waals surface area contributed by atoms with Crippen LogP contribution in [-0.2, 0) is 6.54 Å². The summed E-state index contributed by atoms with van der Waals surface area (Å²) in [5.41, 5.74) is 9.39. The molecule has 1 atom stereocenters. The summed E-state index contributed by atoms with van der Waals surface area (Å²) in [5, 5.41) is 0. The van der Waals surface area contributed by atoms with Crippen LogP contribution in [0.5, 0.6) is 0 Å². The number of aromatic nitrogens is 2. The zero-order valence-electron chi connectivity index (χ0n) is 13.3. The molecule has 3 nitrogen and oxygen atoms in total. The molecule has 1 heterocycles. The smallest absolute Gasteiger partial charge is 0.113 e. The van der Waals surface area contributed by atoms with Gasteiger partial charge in [0.1, 0.15) is 5.82 Å². The third-order valence-corrected chi connectivity index (χ3v) is 4.69. The Morgan fingerprint density at radius 3 is 2.76 bits per heavy atom. The second kappa shape index (κ2) is 6.18. The molecule has 1 aliphatic rings. The van der Waals surface area contributed by atoms with Crippen LogP contribution < -0.4 is 5.73 Å². The van der Waals surface area contributed by atoms with Gasteiger partial charge in [-0.25, -0.2) is 4.98 Å². The second-order valence-electron chi connectivity index (χ2n) is 6.35. The molecule has 0 bridgehead atoms. The van der Waals surface area contributed by atoms with E-state index in [0.29, 0.717) is 18.5 Å². The first-order valence-electron chi connectivity index (χ1n) is 8.49. The fraction of sp³-hybridized carbons (Fsp3) is 0.611. The molecule has 0 saturated heterocycles. The van der Waals surface area contributed by atoms with Gasteiger partial charge in [0.05, 0.1) is 11.0 Å². The molecule has 1 saturated carbocycles. The van der Waals surface area contributed by atoms with E-state index in [0.717, 1.165) is 5.52 Å². The first-order chi connectivity index (χ1) is 10.3. The second-order valence-corrected chi connectivity index (χ2v) is 6.35. The molecule has 3 rings (SSSR count). The molecule has 0 amide bonds. The number of nitrogens with zero attached hydrogens (tertiary/aromatic N) is 2.